The van der Waals surface area contributed by atoms with E-state index < -0.39 is 94.2 Å². The average molecular weight is 1840 g/mol. The maximum atomic E-state index is 13.0. The highest BCUT2D eigenvalue weighted by Gasteiger charge is 2.35. The molecule has 674 valence electrons. The zero-order chi connectivity index (χ0) is 89.3. The van der Waals surface area contributed by atoms with E-state index in [4.69, 9.17) is 56.4 Å². The van der Waals surface area contributed by atoms with Gasteiger partial charge in [-0.15, -0.1) is 11.6 Å². The van der Waals surface area contributed by atoms with Crippen molar-refractivity contribution >= 4 is 105 Å². The zero-order valence-electron chi connectivity index (χ0n) is 69.6. The molecule has 5 aromatic rings. The van der Waals surface area contributed by atoms with Gasteiger partial charge in [-0.2, -0.15) is 34.7 Å². The standard InChI is InChI=1S/C23H30F3N3O4S.C23H32N2O5S.C16H26N2O5S.C6H14N2O3S.C6H11NO3S.C2H4Cl2O2S/c1-16-19(21(30)27-18-7-5-6-17(14-18)23(24,25)26)15-20(22(2,3)4)29(16)10-13-34(31,32)28-8-11-33-12-9-28;1-18-20(22(26)30-17-19-8-6-5-7-9-19)16-21(23(2,3)4)25(18)12-15-31(27,28)24-10-13-29-14-11-24;1-12-13(15(19)20)11-14(16(2,3)4)18(12)7-10-24(21,22)17-5-8-23-9-6-17;7-1-6-12(9,10)8-2-4-11-5-3-8;1-2-11(8,9)7-3-5-10-6-4-7;3-1-2-7(4,5)6/h5-7,14-15H,8-13H2,1-4H3,(H,27,30);5-9,16H,10-15,17H2,1-4H3;11H,5-10H2,1-4H3,(H,19,20);1-7H2;2H,1,3-6H2;1-2H2. The molecular weight excluding hydrogens is 1730 g/mol. The second-order valence-electron chi connectivity index (χ2n) is 30.9. The lowest BCUT2D eigenvalue weighted by molar-refractivity contribution is -0.137. The van der Waals surface area contributed by atoms with Gasteiger partial charge < -0.3 is 58.3 Å². The molecule has 4 N–H and O–H groups in total. The third-order valence-electron chi connectivity index (χ3n) is 19.2. The van der Waals surface area contributed by atoms with Crippen LogP contribution in [0.2, 0.25) is 0 Å². The summed E-state index contributed by atoms with van der Waals surface area (Å²) in [6.45, 7) is 35.8. The third kappa shape index (κ3) is 32.6. The number of aromatic carboxylic acids is 1. The van der Waals surface area contributed by atoms with Gasteiger partial charge in [0, 0.05) is 170 Å². The Morgan fingerprint density at radius 2 is 0.832 bits per heavy atom. The minimum Gasteiger partial charge on any atom is -0.478 e. The summed E-state index contributed by atoms with van der Waals surface area (Å²) >= 11 is 5.02. The highest BCUT2D eigenvalue weighted by Crippen LogP contribution is 2.34. The van der Waals surface area contributed by atoms with E-state index in [1.165, 1.54) is 33.7 Å². The number of carbonyl (C=O) groups is 3. The molecule has 43 heteroatoms. The first kappa shape index (κ1) is 104. The largest absolute Gasteiger partial charge is 0.478 e. The number of halogens is 5. The Labute approximate surface area is 709 Å². The van der Waals surface area contributed by atoms with Gasteiger partial charge in [0.1, 0.15) is 6.61 Å². The van der Waals surface area contributed by atoms with Gasteiger partial charge in [0.25, 0.3) is 5.91 Å². The van der Waals surface area contributed by atoms with Crippen LogP contribution in [0.5, 0.6) is 0 Å². The number of carboxylic acids is 1. The molecule has 0 bridgehead atoms. The number of esters is 1. The number of aromatic nitrogens is 3. The number of anilines is 1. The van der Waals surface area contributed by atoms with Crippen LogP contribution in [0.15, 0.2) is 84.8 Å². The predicted molar refractivity (Wildman–Crippen MR) is 451 cm³/mol. The van der Waals surface area contributed by atoms with Gasteiger partial charge >= 0.3 is 18.1 Å². The molecular formula is C76H117Cl2F3N10O22S6. The maximum absolute atomic E-state index is 13.0. The molecule has 0 aliphatic carbocycles. The number of sulfonamides is 5. The number of carbonyl (C=O) groups excluding carboxylic acids is 2. The Balaban J connectivity index is 0.000000272. The van der Waals surface area contributed by atoms with Crippen LogP contribution in [0.3, 0.4) is 0 Å². The summed E-state index contributed by atoms with van der Waals surface area (Å²) in [7, 11) is -15.2. The number of hydrogen-bond acceptors (Lipinski definition) is 22. The molecule has 0 atom stereocenters. The number of amides is 1. The monoisotopic (exact) mass is 1840 g/mol. The summed E-state index contributed by atoms with van der Waals surface area (Å²) in [5.74, 6) is -2.23. The molecule has 8 heterocycles. The third-order valence-corrected chi connectivity index (χ3v) is 29.7. The second-order valence-corrected chi connectivity index (χ2v) is 44.5. The molecule has 5 saturated heterocycles. The highest BCUT2D eigenvalue weighted by atomic mass is 35.7. The number of benzene rings is 2. The fraction of sp³-hybridized carbons (Fsp3) is 0.618. The summed E-state index contributed by atoms with van der Waals surface area (Å²) in [6, 6.07) is 19.1. The summed E-state index contributed by atoms with van der Waals surface area (Å²) in [5.41, 5.74) is 9.68. The number of alkyl halides is 4. The first-order chi connectivity index (χ1) is 55.2. The first-order valence-corrected chi connectivity index (χ1v) is 49.3. The molecule has 0 radical (unpaired) electrons. The van der Waals surface area contributed by atoms with Crippen molar-refractivity contribution in [1.82, 2.24) is 35.2 Å². The van der Waals surface area contributed by atoms with Crippen LogP contribution in [-0.4, -0.2) is 281 Å². The number of nitrogens with zero attached hydrogens (tertiary/aromatic N) is 8. The van der Waals surface area contributed by atoms with Gasteiger partial charge in [0.15, 0.2) is 0 Å². The van der Waals surface area contributed by atoms with Crippen LogP contribution < -0.4 is 11.1 Å². The van der Waals surface area contributed by atoms with Crippen molar-refractivity contribution in [2.45, 2.75) is 132 Å². The Hall–Kier alpha value is -5.94. The van der Waals surface area contributed by atoms with Crippen LogP contribution in [0.1, 0.15) is 139 Å². The number of hydrogen-bond donors (Lipinski definition) is 3. The molecule has 5 aliphatic rings. The van der Waals surface area contributed by atoms with Gasteiger partial charge in [-0.3, -0.25) is 4.79 Å². The molecule has 119 heavy (non-hydrogen) atoms. The number of nitrogens with one attached hydrogen (secondary N) is 1. The minimum atomic E-state index is -4.52. The molecule has 3 aromatic heterocycles. The van der Waals surface area contributed by atoms with Crippen LogP contribution in [0, 0.1) is 20.8 Å². The van der Waals surface area contributed by atoms with E-state index in [-0.39, 0.29) is 95.1 Å². The molecule has 0 saturated carbocycles. The number of carboxylic acid groups (broad SMARTS) is 1. The Kier molecular flexibility index (Phi) is 39.7. The molecule has 0 unspecified atom stereocenters. The zero-order valence-corrected chi connectivity index (χ0v) is 76.1. The van der Waals surface area contributed by atoms with Crippen molar-refractivity contribution in [3.8, 4) is 0 Å². The lowest BCUT2D eigenvalue weighted by atomic mass is 9.92. The predicted octanol–water partition coefficient (Wildman–Crippen LogP) is 7.79. The molecule has 10 rings (SSSR count). The van der Waals surface area contributed by atoms with E-state index in [0.29, 0.717) is 148 Å². The number of ether oxygens (including phenoxy) is 6. The van der Waals surface area contributed by atoms with Crippen molar-refractivity contribution in [3.63, 3.8) is 0 Å². The number of morpholine rings is 5. The Morgan fingerprint density at radius 3 is 1.15 bits per heavy atom. The molecule has 32 nitrogen and oxygen atoms in total. The quantitative estimate of drug-likeness (QED) is 0.0285. The fourth-order valence-corrected chi connectivity index (χ4v) is 20.2. The lowest BCUT2D eigenvalue weighted by Crippen LogP contribution is -2.42. The van der Waals surface area contributed by atoms with E-state index in [1.54, 1.807) is 30.5 Å². The molecule has 2 aromatic carbocycles. The highest BCUT2D eigenvalue weighted by molar-refractivity contribution is 8.13. The summed E-state index contributed by atoms with van der Waals surface area (Å²) < 4.78 is 224. The van der Waals surface area contributed by atoms with Gasteiger partial charge in [-0.1, -0.05) is 105 Å². The topological polar surface area (TPSA) is 401 Å². The van der Waals surface area contributed by atoms with Crippen molar-refractivity contribution in [1.29, 1.82) is 0 Å². The molecule has 0 spiro atoms. The SMILES string of the molecule is C=CS(=O)(=O)N1CCOCC1.Cc1c(C(=O)Nc2cccc(C(F)(F)F)c2)cc(C(C)(C)C)n1CCS(=O)(=O)N1CCOCC1.Cc1c(C(=O)O)cc(C(C)(C)C)n1CCS(=O)(=O)N1CCOCC1.Cc1c(C(=O)OCc2ccccc2)cc(C(C)(C)C)n1CCS(=O)(=O)N1CCOCC1.NCCS(=O)(=O)N1CCOCC1.O=S(=O)(Cl)CCCl. The van der Waals surface area contributed by atoms with Crippen LogP contribution in [0.25, 0.3) is 0 Å². The summed E-state index contributed by atoms with van der Waals surface area (Å²) in [5, 5.41) is 12.9. The molecule has 1 amide bonds. The van der Waals surface area contributed by atoms with Gasteiger partial charge in [0.05, 0.1) is 117 Å². The average Bonchev–Trinajstić information content (AvgIpc) is 1.64. The normalized spacial score (nSPS) is 16.9. The van der Waals surface area contributed by atoms with E-state index in [0.717, 1.165) is 45.9 Å². The van der Waals surface area contributed by atoms with Gasteiger partial charge in [-0.05, 0) is 62.7 Å². The lowest BCUT2D eigenvalue weighted by Gasteiger charge is -2.27. The fourth-order valence-electron chi connectivity index (χ4n) is 12.7. The van der Waals surface area contributed by atoms with E-state index in [1.807, 2.05) is 115 Å². The van der Waals surface area contributed by atoms with E-state index in [2.05, 4.69) is 11.9 Å². The Morgan fingerprint density at radius 1 is 0.496 bits per heavy atom. The summed E-state index contributed by atoms with van der Waals surface area (Å²) in [6.07, 6.45) is -4.52. The van der Waals surface area contributed by atoms with Crippen molar-refractivity contribution < 1.29 is 112 Å². The molecule has 5 aliphatic heterocycles. The van der Waals surface area contributed by atoms with Crippen LogP contribution in [0.4, 0.5) is 18.9 Å². The smallest absolute Gasteiger partial charge is 0.416 e. The first-order valence-electron chi connectivity index (χ1n) is 38.4. The van der Waals surface area contributed by atoms with Crippen molar-refractivity contribution in [3.05, 3.63) is 147 Å². The maximum Gasteiger partial charge on any atom is 0.416 e. The van der Waals surface area contributed by atoms with Crippen LogP contribution >= 0.6 is 22.3 Å². The van der Waals surface area contributed by atoms with Crippen molar-refractivity contribution in [2.24, 2.45) is 5.73 Å². The number of nitrogens with two attached hydrogens (primary N) is 1. The minimum absolute atomic E-state index is 0.0237. The summed E-state index contributed by atoms with van der Waals surface area (Å²) in [4.78, 5) is 37.2. The van der Waals surface area contributed by atoms with Crippen LogP contribution in [-0.2, 0) is 136 Å². The number of rotatable bonds is 25. The molecule has 5 fully saturated rings. The van der Waals surface area contributed by atoms with E-state index in [9.17, 15) is 83.2 Å². The van der Waals surface area contributed by atoms with E-state index >= 15 is 0 Å². The second kappa shape index (κ2) is 45.6. The van der Waals surface area contributed by atoms with Crippen molar-refractivity contribution in [2.75, 3.05) is 178 Å². The Bertz CT molecular complexity index is 4870. The van der Waals surface area contributed by atoms with Gasteiger partial charge in [0.2, 0.25) is 59.2 Å². The van der Waals surface area contributed by atoms with Gasteiger partial charge in [-0.25, -0.2) is 60.1 Å².